The van der Waals surface area contributed by atoms with Gasteiger partial charge < -0.3 is 0 Å². The average molecular weight is 216 g/mol. The summed E-state index contributed by atoms with van der Waals surface area (Å²) in [5, 5.41) is 0. The van der Waals surface area contributed by atoms with Gasteiger partial charge in [0, 0.05) is 0 Å². The Balaban J connectivity index is 2.46. The Morgan fingerprint density at radius 2 is 1.31 bits per heavy atom. The fourth-order valence-corrected chi connectivity index (χ4v) is 1.51. The van der Waals surface area contributed by atoms with Gasteiger partial charge in [0.05, 0.1) is 0 Å². The van der Waals surface area contributed by atoms with E-state index in [1.54, 1.807) is 12.2 Å². The van der Waals surface area contributed by atoms with E-state index >= 15 is 0 Å². The molecule has 0 heterocycles. The highest BCUT2D eigenvalue weighted by Gasteiger charge is 1.87. The predicted molar refractivity (Wildman–Crippen MR) is 69.3 cm³/mol. The summed E-state index contributed by atoms with van der Waals surface area (Å²) >= 11 is 0. The van der Waals surface area contributed by atoms with Gasteiger partial charge >= 0.3 is 0 Å². The molecule has 0 aromatic carbocycles. The molecule has 86 valence electrons. The number of carbonyl (C=O) groups is 1. The Hall–Kier alpha value is -1.37. The van der Waals surface area contributed by atoms with Gasteiger partial charge in [0.15, 0.2) is 5.78 Å². The molecule has 1 rings (SSSR count). The lowest BCUT2D eigenvalue weighted by molar-refractivity contribution is -0.110. The monoisotopic (exact) mass is 216 g/mol. The van der Waals surface area contributed by atoms with Crippen LogP contribution >= 0.6 is 0 Å². The van der Waals surface area contributed by atoms with Crippen molar-refractivity contribution in [2.24, 2.45) is 0 Å². The average Bonchev–Trinajstić information content (AvgIpc) is 2.29. The molecule has 0 saturated heterocycles. The zero-order valence-electron chi connectivity index (χ0n) is 9.77. The summed E-state index contributed by atoms with van der Waals surface area (Å²) in [6.07, 6.45) is 22.3. The zero-order chi connectivity index (χ0) is 11.5. The van der Waals surface area contributed by atoms with Gasteiger partial charge in [0.1, 0.15) is 0 Å². The summed E-state index contributed by atoms with van der Waals surface area (Å²) in [5.74, 6) is 0.0900. The quantitative estimate of drug-likeness (QED) is 0.556. The maximum atomic E-state index is 11.3. The molecule has 0 N–H and O–H groups in total. The zero-order valence-corrected chi connectivity index (χ0v) is 9.77. The van der Waals surface area contributed by atoms with Crippen molar-refractivity contribution in [1.82, 2.24) is 0 Å². The standard InChI is InChI=1S/C15H20O/c16-15-13-11-9-7-5-3-1-2-4-6-8-10-12-14-15/h3,5-6,8,11-14H,1-2,4,7,9-10H2/b5-3-,8-6+,13-11+,14-12+. The van der Waals surface area contributed by atoms with Crippen LogP contribution in [0.1, 0.15) is 38.5 Å². The van der Waals surface area contributed by atoms with Crippen molar-refractivity contribution in [1.29, 1.82) is 0 Å². The molecule has 0 amide bonds. The highest BCUT2D eigenvalue weighted by Crippen LogP contribution is 2.02. The van der Waals surface area contributed by atoms with E-state index < -0.39 is 0 Å². The summed E-state index contributed by atoms with van der Waals surface area (Å²) < 4.78 is 0. The molecule has 0 aromatic rings. The molecule has 1 heteroatoms. The molecule has 0 aromatic heterocycles. The molecule has 0 radical (unpaired) electrons. The van der Waals surface area contributed by atoms with E-state index in [0.717, 1.165) is 32.1 Å². The molecule has 0 unspecified atom stereocenters. The molecule has 0 fully saturated rings. The SMILES string of the molecule is O=C1/C=C/C/C=C/CCC/C=C\CC/C=C/1. The minimum Gasteiger partial charge on any atom is -0.290 e. The summed E-state index contributed by atoms with van der Waals surface area (Å²) in [4.78, 5) is 11.3. The van der Waals surface area contributed by atoms with Crippen LogP contribution in [0, 0.1) is 0 Å². The number of ketones is 1. The van der Waals surface area contributed by atoms with Crippen molar-refractivity contribution in [3.05, 3.63) is 48.6 Å². The van der Waals surface area contributed by atoms with Crippen LogP contribution in [-0.4, -0.2) is 5.78 Å². The van der Waals surface area contributed by atoms with Gasteiger partial charge in [-0.05, 0) is 50.7 Å². The third-order valence-electron chi connectivity index (χ3n) is 2.41. The maximum Gasteiger partial charge on any atom is 0.178 e. The fourth-order valence-electron chi connectivity index (χ4n) is 1.51. The van der Waals surface area contributed by atoms with E-state index in [2.05, 4.69) is 24.3 Å². The molecule has 0 aliphatic heterocycles. The smallest absolute Gasteiger partial charge is 0.178 e. The number of hydrogen-bond donors (Lipinski definition) is 0. The van der Waals surface area contributed by atoms with Gasteiger partial charge in [-0.1, -0.05) is 36.5 Å². The van der Waals surface area contributed by atoms with Crippen molar-refractivity contribution in [2.75, 3.05) is 0 Å². The summed E-state index contributed by atoms with van der Waals surface area (Å²) in [5.41, 5.74) is 0. The molecule has 16 heavy (non-hydrogen) atoms. The normalized spacial score (nSPS) is 27.4. The minimum absolute atomic E-state index is 0.0900. The third-order valence-corrected chi connectivity index (χ3v) is 2.41. The first kappa shape index (κ1) is 12.7. The summed E-state index contributed by atoms with van der Waals surface area (Å²) in [7, 11) is 0. The first-order valence-electron chi connectivity index (χ1n) is 6.06. The Bertz CT molecular complexity index is 305. The second kappa shape index (κ2) is 8.90. The molecule has 0 atom stereocenters. The Kier molecular flexibility index (Phi) is 7.06. The lowest BCUT2D eigenvalue weighted by Gasteiger charge is -1.90. The van der Waals surface area contributed by atoms with Crippen molar-refractivity contribution in [2.45, 2.75) is 38.5 Å². The lowest BCUT2D eigenvalue weighted by Crippen LogP contribution is -1.84. The van der Waals surface area contributed by atoms with Crippen molar-refractivity contribution in [3.8, 4) is 0 Å². The summed E-state index contributed by atoms with van der Waals surface area (Å²) in [6.45, 7) is 0. The maximum absolute atomic E-state index is 11.3. The third kappa shape index (κ3) is 6.99. The summed E-state index contributed by atoms with van der Waals surface area (Å²) in [6, 6.07) is 0. The van der Waals surface area contributed by atoms with Crippen LogP contribution in [0.5, 0.6) is 0 Å². The van der Waals surface area contributed by atoms with Crippen molar-refractivity contribution >= 4 is 5.78 Å². The second-order valence-corrected chi connectivity index (χ2v) is 3.89. The van der Waals surface area contributed by atoms with E-state index in [1.807, 2.05) is 12.2 Å². The molecule has 1 nitrogen and oxygen atoms in total. The minimum atomic E-state index is 0.0900. The van der Waals surface area contributed by atoms with Gasteiger partial charge in [-0.25, -0.2) is 0 Å². The lowest BCUT2D eigenvalue weighted by atomic mass is 10.2. The number of carbonyl (C=O) groups excluding carboxylic acids is 1. The van der Waals surface area contributed by atoms with Gasteiger partial charge in [0.2, 0.25) is 0 Å². The number of allylic oxidation sites excluding steroid dienone is 8. The first-order chi connectivity index (χ1) is 7.89. The van der Waals surface area contributed by atoms with Gasteiger partial charge in [-0.15, -0.1) is 0 Å². The molecule has 0 bridgehead atoms. The second-order valence-electron chi connectivity index (χ2n) is 3.89. The van der Waals surface area contributed by atoms with Crippen LogP contribution in [0.15, 0.2) is 48.6 Å². The van der Waals surface area contributed by atoms with E-state index in [0.29, 0.717) is 0 Å². The number of rotatable bonds is 0. The van der Waals surface area contributed by atoms with E-state index in [-0.39, 0.29) is 5.78 Å². The van der Waals surface area contributed by atoms with Crippen LogP contribution in [0.3, 0.4) is 0 Å². The van der Waals surface area contributed by atoms with Crippen LogP contribution in [0.2, 0.25) is 0 Å². The Morgan fingerprint density at radius 1 is 0.688 bits per heavy atom. The van der Waals surface area contributed by atoms with Gasteiger partial charge in [0.25, 0.3) is 0 Å². The van der Waals surface area contributed by atoms with Crippen LogP contribution in [0.4, 0.5) is 0 Å². The largest absolute Gasteiger partial charge is 0.290 e. The molecular formula is C15H20O. The van der Waals surface area contributed by atoms with Gasteiger partial charge in [-0.2, -0.15) is 0 Å². The predicted octanol–water partition coefficient (Wildman–Crippen LogP) is 4.13. The topological polar surface area (TPSA) is 17.1 Å². The van der Waals surface area contributed by atoms with Crippen LogP contribution < -0.4 is 0 Å². The first-order valence-corrected chi connectivity index (χ1v) is 6.06. The Labute approximate surface area is 98.2 Å². The Morgan fingerprint density at radius 3 is 2.19 bits per heavy atom. The molecule has 1 aliphatic carbocycles. The van der Waals surface area contributed by atoms with E-state index in [9.17, 15) is 4.79 Å². The fraction of sp³-hybridized carbons (Fsp3) is 0.400. The van der Waals surface area contributed by atoms with Crippen molar-refractivity contribution in [3.63, 3.8) is 0 Å². The van der Waals surface area contributed by atoms with E-state index in [1.165, 1.54) is 6.42 Å². The van der Waals surface area contributed by atoms with E-state index in [4.69, 9.17) is 0 Å². The van der Waals surface area contributed by atoms with Crippen molar-refractivity contribution < 1.29 is 4.79 Å². The molecule has 0 spiro atoms. The number of hydrogen-bond acceptors (Lipinski definition) is 1. The highest BCUT2D eigenvalue weighted by atomic mass is 16.1. The molecule has 1 aliphatic rings. The van der Waals surface area contributed by atoms with Crippen LogP contribution in [0.25, 0.3) is 0 Å². The van der Waals surface area contributed by atoms with Gasteiger partial charge in [-0.3, -0.25) is 4.79 Å². The molecule has 0 saturated carbocycles. The molecular weight excluding hydrogens is 196 g/mol. The van der Waals surface area contributed by atoms with Crippen LogP contribution in [-0.2, 0) is 4.79 Å². The highest BCUT2D eigenvalue weighted by molar-refractivity contribution is 5.99.